The molecule has 7 heteroatoms. The zero-order chi connectivity index (χ0) is 24.0. The highest BCUT2D eigenvalue weighted by atomic mass is 19.1. The summed E-state index contributed by atoms with van der Waals surface area (Å²) in [6.45, 7) is 2.13. The summed E-state index contributed by atoms with van der Waals surface area (Å²) in [7, 11) is 3.78. The van der Waals surface area contributed by atoms with Crippen molar-refractivity contribution in [3.05, 3.63) is 95.1 Å². The fourth-order valence-corrected chi connectivity index (χ4v) is 3.51. The Hall–Kier alpha value is -3.74. The van der Waals surface area contributed by atoms with E-state index in [4.69, 9.17) is 0 Å². The van der Waals surface area contributed by atoms with Crippen molar-refractivity contribution in [1.82, 2.24) is 4.90 Å². The van der Waals surface area contributed by atoms with E-state index in [-0.39, 0.29) is 30.7 Å². The van der Waals surface area contributed by atoms with Crippen molar-refractivity contribution in [3.63, 3.8) is 0 Å². The van der Waals surface area contributed by atoms with E-state index in [1.807, 2.05) is 37.2 Å². The SMILES string of the molecule is CCC(=O)Nc1ccc(N(C)C)c(CN(Cc2cccc(F)c2)C(=O)c2ccc(F)cc2)c1. The molecule has 2 amide bonds. The number of halogens is 2. The molecule has 0 saturated carbocycles. The quantitative estimate of drug-likeness (QED) is 0.511. The molecule has 0 saturated heterocycles. The predicted molar refractivity (Wildman–Crippen MR) is 126 cm³/mol. The van der Waals surface area contributed by atoms with Gasteiger partial charge in [-0.1, -0.05) is 19.1 Å². The Bertz CT molecular complexity index is 1130. The third kappa shape index (κ3) is 6.38. The molecule has 0 radical (unpaired) electrons. The van der Waals surface area contributed by atoms with Crippen molar-refractivity contribution >= 4 is 23.2 Å². The second kappa shape index (κ2) is 10.7. The molecule has 1 N–H and O–H groups in total. The van der Waals surface area contributed by atoms with E-state index in [9.17, 15) is 18.4 Å². The number of nitrogens with one attached hydrogen (secondary N) is 1. The molecule has 0 atom stereocenters. The molecular weight excluding hydrogens is 424 g/mol. The van der Waals surface area contributed by atoms with Crippen molar-refractivity contribution in [1.29, 1.82) is 0 Å². The maximum Gasteiger partial charge on any atom is 0.254 e. The zero-order valence-corrected chi connectivity index (χ0v) is 18.9. The Morgan fingerprint density at radius 1 is 0.879 bits per heavy atom. The molecule has 3 aromatic rings. The lowest BCUT2D eigenvalue weighted by Crippen LogP contribution is -2.31. The van der Waals surface area contributed by atoms with Gasteiger partial charge < -0.3 is 15.1 Å². The van der Waals surface area contributed by atoms with Gasteiger partial charge >= 0.3 is 0 Å². The lowest BCUT2D eigenvalue weighted by molar-refractivity contribution is -0.115. The number of benzene rings is 3. The molecule has 0 spiro atoms. The molecule has 33 heavy (non-hydrogen) atoms. The fourth-order valence-electron chi connectivity index (χ4n) is 3.51. The molecule has 0 unspecified atom stereocenters. The Morgan fingerprint density at radius 3 is 2.24 bits per heavy atom. The highest BCUT2D eigenvalue weighted by Crippen LogP contribution is 2.26. The van der Waals surface area contributed by atoms with Crippen LogP contribution in [0.15, 0.2) is 66.7 Å². The summed E-state index contributed by atoms with van der Waals surface area (Å²) in [6, 6.07) is 16.9. The zero-order valence-electron chi connectivity index (χ0n) is 18.9. The van der Waals surface area contributed by atoms with Gasteiger partial charge in [-0.05, 0) is 65.7 Å². The largest absolute Gasteiger partial charge is 0.377 e. The van der Waals surface area contributed by atoms with E-state index in [0.717, 1.165) is 11.3 Å². The molecule has 0 aliphatic carbocycles. The summed E-state index contributed by atoms with van der Waals surface area (Å²) in [5.41, 5.74) is 3.27. The third-order valence-corrected chi connectivity index (χ3v) is 5.17. The van der Waals surface area contributed by atoms with Crippen molar-refractivity contribution in [2.45, 2.75) is 26.4 Å². The number of carbonyl (C=O) groups is 2. The standard InChI is InChI=1S/C26H27F2N3O2/c1-4-25(32)29-23-12-13-24(30(2)3)20(15-23)17-31(16-18-6-5-7-22(28)14-18)26(33)19-8-10-21(27)11-9-19/h5-15H,4,16-17H2,1-3H3,(H,29,32). The van der Waals surface area contributed by atoms with Gasteiger partial charge in [0, 0.05) is 50.5 Å². The maximum absolute atomic E-state index is 13.8. The number of hydrogen-bond donors (Lipinski definition) is 1. The monoisotopic (exact) mass is 451 g/mol. The fraction of sp³-hybridized carbons (Fsp3) is 0.231. The van der Waals surface area contributed by atoms with Gasteiger partial charge in [0.25, 0.3) is 5.91 Å². The number of rotatable bonds is 8. The average Bonchev–Trinajstić information content (AvgIpc) is 2.78. The summed E-state index contributed by atoms with van der Waals surface area (Å²) in [4.78, 5) is 28.7. The van der Waals surface area contributed by atoms with Crippen LogP contribution in [0.25, 0.3) is 0 Å². The maximum atomic E-state index is 13.8. The molecule has 0 heterocycles. The molecule has 0 bridgehead atoms. The van der Waals surface area contributed by atoms with E-state index < -0.39 is 5.82 Å². The smallest absolute Gasteiger partial charge is 0.254 e. The summed E-state index contributed by atoms with van der Waals surface area (Å²) in [6.07, 6.45) is 0.347. The van der Waals surface area contributed by atoms with Crippen LogP contribution in [0.3, 0.4) is 0 Å². The van der Waals surface area contributed by atoms with Crippen molar-refractivity contribution in [3.8, 4) is 0 Å². The molecule has 0 fully saturated rings. The van der Waals surface area contributed by atoms with Crippen LogP contribution in [0.2, 0.25) is 0 Å². The minimum absolute atomic E-state index is 0.113. The van der Waals surface area contributed by atoms with Crippen molar-refractivity contribution in [2.75, 3.05) is 24.3 Å². The Labute approximate surface area is 192 Å². The first-order valence-electron chi connectivity index (χ1n) is 10.7. The van der Waals surface area contributed by atoms with Crippen LogP contribution in [0.4, 0.5) is 20.2 Å². The van der Waals surface area contributed by atoms with Gasteiger partial charge in [0.1, 0.15) is 11.6 Å². The van der Waals surface area contributed by atoms with Gasteiger partial charge in [-0.25, -0.2) is 8.78 Å². The van der Waals surface area contributed by atoms with Gasteiger partial charge in [0.05, 0.1) is 0 Å². The van der Waals surface area contributed by atoms with Crippen LogP contribution in [0.5, 0.6) is 0 Å². The lowest BCUT2D eigenvalue weighted by atomic mass is 10.1. The van der Waals surface area contributed by atoms with E-state index in [0.29, 0.717) is 23.2 Å². The highest BCUT2D eigenvalue weighted by molar-refractivity contribution is 5.94. The Kier molecular flexibility index (Phi) is 7.77. The van der Waals surface area contributed by atoms with Crippen molar-refractivity contribution < 1.29 is 18.4 Å². The Balaban J connectivity index is 1.99. The number of carbonyl (C=O) groups excluding carboxylic acids is 2. The van der Waals surface area contributed by atoms with Gasteiger partial charge in [0.2, 0.25) is 5.91 Å². The number of nitrogens with zero attached hydrogens (tertiary/aromatic N) is 2. The van der Waals surface area contributed by atoms with Crippen LogP contribution in [-0.4, -0.2) is 30.8 Å². The lowest BCUT2D eigenvalue weighted by Gasteiger charge is -2.26. The van der Waals surface area contributed by atoms with Crippen LogP contribution < -0.4 is 10.2 Å². The van der Waals surface area contributed by atoms with Crippen LogP contribution in [-0.2, 0) is 17.9 Å². The molecule has 3 aromatic carbocycles. The second-order valence-electron chi connectivity index (χ2n) is 7.94. The first-order chi connectivity index (χ1) is 15.8. The second-order valence-corrected chi connectivity index (χ2v) is 7.94. The number of hydrogen-bond acceptors (Lipinski definition) is 3. The van der Waals surface area contributed by atoms with Gasteiger partial charge in [-0.15, -0.1) is 0 Å². The molecule has 0 aliphatic heterocycles. The molecular formula is C26H27F2N3O2. The molecule has 5 nitrogen and oxygen atoms in total. The number of anilines is 2. The minimum Gasteiger partial charge on any atom is -0.377 e. The van der Waals surface area contributed by atoms with Crippen LogP contribution in [0, 0.1) is 11.6 Å². The predicted octanol–water partition coefficient (Wildman–Crippen LogP) is 5.22. The molecule has 172 valence electrons. The van der Waals surface area contributed by atoms with Crippen LogP contribution >= 0.6 is 0 Å². The average molecular weight is 452 g/mol. The van der Waals surface area contributed by atoms with Gasteiger partial charge in [0.15, 0.2) is 0 Å². The van der Waals surface area contributed by atoms with E-state index in [1.54, 1.807) is 24.0 Å². The van der Waals surface area contributed by atoms with Crippen molar-refractivity contribution in [2.24, 2.45) is 0 Å². The van der Waals surface area contributed by atoms with E-state index in [1.165, 1.54) is 36.4 Å². The minimum atomic E-state index is -0.433. The summed E-state index contributed by atoms with van der Waals surface area (Å²) >= 11 is 0. The summed E-state index contributed by atoms with van der Waals surface area (Å²) < 4.78 is 27.2. The number of amides is 2. The van der Waals surface area contributed by atoms with E-state index in [2.05, 4.69) is 5.32 Å². The van der Waals surface area contributed by atoms with E-state index >= 15 is 0 Å². The third-order valence-electron chi connectivity index (χ3n) is 5.17. The molecule has 0 aliphatic rings. The first kappa shape index (κ1) is 23.9. The normalized spacial score (nSPS) is 10.6. The summed E-state index contributed by atoms with van der Waals surface area (Å²) in [5.74, 6) is -1.25. The highest BCUT2D eigenvalue weighted by Gasteiger charge is 2.20. The summed E-state index contributed by atoms with van der Waals surface area (Å²) in [5, 5.41) is 2.84. The van der Waals surface area contributed by atoms with Gasteiger partial charge in [-0.2, -0.15) is 0 Å². The van der Waals surface area contributed by atoms with Gasteiger partial charge in [-0.3, -0.25) is 9.59 Å². The topological polar surface area (TPSA) is 52.7 Å². The van der Waals surface area contributed by atoms with Crippen LogP contribution in [0.1, 0.15) is 34.8 Å². The molecule has 3 rings (SSSR count). The Morgan fingerprint density at radius 2 is 1.61 bits per heavy atom. The molecule has 0 aromatic heterocycles. The first-order valence-corrected chi connectivity index (χ1v) is 10.7.